The largest absolute Gasteiger partial charge is 0.113 e. The Morgan fingerprint density at radius 3 is 1.75 bits per heavy atom. The van der Waals surface area contributed by atoms with E-state index < -0.39 is 0 Å². The topological polar surface area (TPSA) is 0 Å². The van der Waals surface area contributed by atoms with Crippen molar-refractivity contribution in [3.8, 4) is 0 Å². The van der Waals surface area contributed by atoms with E-state index in [2.05, 4.69) is 34.7 Å². The molecule has 0 spiro atoms. The van der Waals surface area contributed by atoms with Gasteiger partial charge >= 0.3 is 0 Å². The first-order valence-electron chi connectivity index (χ1n) is 4.82. The van der Waals surface area contributed by atoms with Gasteiger partial charge in [0.15, 0.2) is 0 Å². The van der Waals surface area contributed by atoms with Crippen LogP contribution in [0.2, 0.25) is 5.02 Å². The third-order valence-electron chi connectivity index (χ3n) is 2.33. The Labute approximate surface area is 119 Å². The van der Waals surface area contributed by atoms with Gasteiger partial charge < -0.3 is 0 Å². The molecule has 0 amide bonds. The second-order valence-corrected chi connectivity index (χ2v) is 5.58. The van der Waals surface area contributed by atoms with Crippen molar-refractivity contribution in [2.75, 3.05) is 0 Å². The van der Waals surface area contributed by atoms with Gasteiger partial charge in [0.1, 0.15) is 0 Å². The van der Waals surface area contributed by atoms with E-state index in [-0.39, 0.29) is 5.38 Å². The molecule has 2 aromatic rings. The second-order valence-electron chi connectivity index (χ2n) is 3.47. The van der Waals surface area contributed by atoms with Crippen LogP contribution in [0.4, 0.5) is 0 Å². The molecule has 16 heavy (non-hydrogen) atoms. The Hall–Kier alpha value is -0.250. The summed E-state index contributed by atoms with van der Waals surface area (Å²) in [5.74, 6) is 0. The third kappa shape index (κ3) is 2.90. The van der Waals surface area contributed by atoms with Crippen LogP contribution in [-0.4, -0.2) is 0 Å². The van der Waals surface area contributed by atoms with Gasteiger partial charge in [-0.15, -0.1) is 11.6 Å². The van der Waals surface area contributed by atoms with Crippen molar-refractivity contribution < 1.29 is 0 Å². The van der Waals surface area contributed by atoms with Crippen LogP contribution < -0.4 is 0 Å². The highest BCUT2D eigenvalue weighted by Gasteiger charge is 2.09. The number of hydrogen-bond acceptors (Lipinski definition) is 0. The van der Waals surface area contributed by atoms with Gasteiger partial charge in [-0.2, -0.15) is 0 Å². The van der Waals surface area contributed by atoms with Gasteiger partial charge in [-0.05, 0) is 58.0 Å². The summed E-state index contributed by atoms with van der Waals surface area (Å²) >= 11 is 14.5. The fraction of sp³-hybridized carbons (Fsp3) is 0.0769. The summed E-state index contributed by atoms with van der Waals surface area (Å²) < 4.78 is 1.21. The lowest BCUT2D eigenvalue weighted by Crippen LogP contribution is -1.92. The van der Waals surface area contributed by atoms with Crippen LogP contribution >= 0.6 is 45.8 Å². The van der Waals surface area contributed by atoms with Crippen LogP contribution in [0.5, 0.6) is 0 Å². The highest BCUT2D eigenvalue weighted by atomic mass is 127. The van der Waals surface area contributed by atoms with Crippen molar-refractivity contribution in [2.24, 2.45) is 0 Å². The second kappa shape index (κ2) is 5.39. The summed E-state index contributed by atoms with van der Waals surface area (Å²) in [5.41, 5.74) is 2.16. The van der Waals surface area contributed by atoms with Gasteiger partial charge in [0, 0.05) is 8.59 Å². The minimum atomic E-state index is -0.116. The summed E-state index contributed by atoms with van der Waals surface area (Å²) in [6.07, 6.45) is 0. The molecule has 0 N–H and O–H groups in total. The Balaban J connectivity index is 2.28. The van der Waals surface area contributed by atoms with Crippen LogP contribution in [0, 0.1) is 3.57 Å². The van der Waals surface area contributed by atoms with E-state index in [1.54, 1.807) is 0 Å². The normalized spacial score (nSPS) is 12.4. The van der Waals surface area contributed by atoms with Crippen LogP contribution in [0.25, 0.3) is 0 Å². The van der Waals surface area contributed by atoms with Crippen LogP contribution in [0.15, 0.2) is 48.5 Å². The Bertz CT molecular complexity index is 417. The number of rotatable bonds is 2. The quantitative estimate of drug-likeness (QED) is 0.504. The molecule has 0 saturated heterocycles. The number of alkyl halides is 1. The molecule has 0 nitrogen and oxygen atoms in total. The molecule has 0 fully saturated rings. The minimum Gasteiger partial charge on any atom is -0.113 e. The van der Waals surface area contributed by atoms with E-state index in [9.17, 15) is 0 Å². The Morgan fingerprint density at radius 2 is 1.25 bits per heavy atom. The summed E-state index contributed by atoms with van der Waals surface area (Å²) in [6.45, 7) is 0. The van der Waals surface area contributed by atoms with Crippen molar-refractivity contribution in [3.63, 3.8) is 0 Å². The smallest absolute Gasteiger partial charge is 0.0835 e. The van der Waals surface area contributed by atoms with E-state index in [0.717, 1.165) is 16.1 Å². The van der Waals surface area contributed by atoms with Gasteiger partial charge in [-0.3, -0.25) is 0 Å². The van der Waals surface area contributed by atoms with Gasteiger partial charge in [0.25, 0.3) is 0 Å². The maximum absolute atomic E-state index is 6.39. The van der Waals surface area contributed by atoms with Crippen molar-refractivity contribution in [1.29, 1.82) is 0 Å². The molecule has 82 valence electrons. The average molecular weight is 363 g/mol. The molecule has 0 aliphatic rings. The Kier molecular flexibility index (Phi) is 4.11. The van der Waals surface area contributed by atoms with E-state index in [1.165, 1.54) is 3.57 Å². The molecule has 0 bridgehead atoms. The predicted octanol–water partition coefficient (Wildman–Crippen LogP) is 5.27. The maximum Gasteiger partial charge on any atom is 0.0835 e. The molecule has 2 aromatic carbocycles. The van der Waals surface area contributed by atoms with E-state index >= 15 is 0 Å². The summed E-state index contributed by atoms with van der Waals surface area (Å²) in [7, 11) is 0. The molecule has 0 saturated carbocycles. The van der Waals surface area contributed by atoms with E-state index in [1.807, 2.05) is 36.4 Å². The molecular weight excluding hydrogens is 354 g/mol. The highest BCUT2D eigenvalue weighted by molar-refractivity contribution is 14.1. The highest BCUT2D eigenvalue weighted by Crippen LogP contribution is 2.29. The first-order chi connectivity index (χ1) is 7.66. The fourth-order valence-corrected chi connectivity index (χ4v) is 2.23. The van der Waals surface area contributed by atoms with Gasteiger partial charge in [0.2, 0.25) is 0 Å². The minimum absolute atomic E-state index is 0.116. The molecule has 0 aliphatic carbocycles. The lowest BCUT2D eigenvalue weighted by atomic mass is 10.0. The predicted molar refractivity (Wildman–Crippen MR) is 78.3 cm³/mol. The molecular formula is C13H9Cl2I. The van der Waals surface area contributed by atoms with Gasteiger partial charge in [0.05, 0.1) is 5.38 Å². The number of hydrogen-bond donors (Lipinski definition) is 0. The van der Waals surface area contributed by atoms with Crippen molar-refractivity contribution in [2.45, 2.75) is 5.38 Å². The average Bonchev–Trinajstić information content (AvgIpc) is 2.30. The summed E-state index contributed by atoms with van der Waals surface area (Å²) in [6, 6.07) is 15.8. The van der Waals surface area contributed by atoms with E-state index in [0.29, 0.717) is 0 Å². The lowest BCUT2D eigenvalue weighted by Gasteiger charge is -2.10. The molecule has 0 heterocycles. The molecule has 1 atom stereocenters. The van der Waals surface area contributed by atoms with Crippen molar-refractivity contribution in [1.82, 2.24) is 0 Å². The zero-order valence-electron chi connectivity index (χ0n) is 8.33. The molecule has 0 aliphatic heterocycles. The van der Waals surface area contributed by atoms with Crippen LogP contribution in [0.1, 0.15) is 16.5 Å². The first kappa shape index (κ1) is 12.2. The van der Waals surface area contributed by atoms with Gasteiger partial charge in [-0.25, -0.2) is 0 Å². The van der Waals surface area contributed by atoms with Gasteiger partial charge in [-0.1, -0.05) is 35.9 Å². The standard InChI is InChI=1S/C13H9Cl2I/c14-11-5-1-9(2-6-11)13(15)10-3-7-12(16)8-4-10/h1-8,13H. The summed E-state index contributed by atoms with van der Waals surface area (Å²) in [4.78, 5) is 0. The van der Waals surface area contributed by atoms with Crippen LogP contribution in [-0.2, 0) is 0 Å². The monoisotopic (exact) mass is 362 g/mol. The molecule has 0 aromatic heterocycles. The number of halogens is 3. The third-order valence-corrected chi connectivity index (χ3v) is 3.80. The first-order valence-corrected chi connectivity index (χ1v) is 6.71. The van der Waals surface area contributed by atoms with Crippen molar-refractivity contribution in [3.05, 3.63) is 68.3 Å². The number of benzene rings is 2. The fourth-order valence-electron chi connectivity index (χ4n) is 1.46. The lowest BCUT2D eigenvalue weighted by molar-refractivity contribution is 1.14. The zero-order chi connectivity index (χ0) is 11.5. The van der Waals surface area contributed by atoms with Crippen molar-refractivity contribution >= 4 is 45.8 Å². The summed E-state index contributed by atoms with van der Waals surface area (Å²) in [5, 5.41) is 0.615. The molecule has 0 radical (unpaired) electrons. The van der Waals surface area contributed by atoms with E-state index in [4.69, 9.17) is 23.2 Å². The molecule has 3 heteroatoms. The SMILES string of the molecule is Clc1ccc(C(Cl)c2ccc(I)cc2)cc1. The maximum atomic E-state index is 6.39. The van der Waals surface area contributed by atoms with Crippen LogP contribution in [0.3, 0.4) is 0 Å². The zero-order valence-corrected chi connectivity index (χ0v) is 12.0. The molecule has 1 unspecified atom stereocenters. The Morgan fingerprint density at radius 1 is 0.812 bits per heavy atom. The molecule has 2 rings (SSSR count).